The quantitative estimate of drug-likeness (QED) is 0.611. The fourth-order valence-electron chi connectivity index (χ4n) is 3.74. The van der Waals surface area contributed by atoms with Gasteiger partial charge in [-0.1, -0.05) is 15.9 Å². The maximum absolute atomic E-state index is 13.0. The van der Waals surface area contributed by atoms with Crippen LogP contribution in [-0.2, 0) is 13.0 Å². The van der Waals surface area contributed by atoms with Crippen LogP contribution < -0.4 is 15.4 Å². The molecule has 1 aromatic heterocycles. The van der Waals surface area contributed by atoms with Crippen molar-refractivity contribution in [3.05, 3.63) is 42.6 Å². The first-order valence-electron chi connectivity index (χ1n) is 8.88. The Hall–Kier alpha value is -1.09. The summed E-state index contributed by atoms with van der Waals surface area (Å²) in [6.07, 6.45) is 0.584. The van der Waals surface area contributed by atoms with Gasteiger partial charge in [-0.3, -0.25) is 9.69 Å². The van der Waals surface area contributed by atoms with E-state index in [9.17, 15) is 4.79 Å². The molecular formula is C19H21Br2N3O2S. The summed E-state index contributed by atoms with van der Waals surface area (Å²) in [5.41, 5.74) is 2.91. The molecule has 0 aliphatic carbocycles. The molecule has 2 aliphatic heterocycles. The second kappa shape index (κ2) is 7.39. The molecule has 8 heteroatoms. The van der Waals surface area contributed by atoms with Gasteiger partial charge in [0.15, 0.2) is 0 Å². The average molecular weight is 515 g/mol. The SMILES string of the molecule is COc1c(Br)cc(Br)cc1C1NC(=O)c2c(sc3c2CCN(C(C)C)C3)N1. The van der Waals surface area contributed by atoms with Crippen molar-refractivity contribution in [2.75, 3.05) is 19.0 Å². The van der Waals surface area contributed by atoms with Gasteiger partial charge in [0.2, 0.25) is 0 Å². The van der Waals surface area contributed by atoms with Gasteiger partial charge in [0.25, 0.3) is 5.91 Å². The first kappa shape index (κ1) is 19.2. The first-order chi connectivity index (χ1) is 12.9. The van der Waals surface area contributed by atoms with E-state index in [4.69, 9.17) is 4.74 Å². The number of carbonyl (C=O) groups excluding carboxylic acids is 1. The van der Waals surface area contributed by atoms with Gasteiger partial charge < -0.3 is 15.4 Å². The topological polar surface area (TPSA) is 53.6 Å². The zero-order valence-corrected chi connectivity index (χ0v) is 19.3. The predicted octanol–water partition coefficient (Wildman–Crippen LogP) is 4.90. The van der Waals surface area contributed by atoms with Crippen LogP contribution in [0.3, 0.4) is 0 Å². The minimum atomic E-state index is -0.338. The van der Waals surface area contributed by atoms with Crippen molar-refractivity contribution in [3.63, 3.8) is 0 Å². The lowest BCUT2D eigenvalue weighted by Crippen LogP contribution is -2.39. The lowest BCUT2D eigenvalue weighted by molar-refractivity contribution is 0.0934. The van der Waals surface area contributed by atoms with Gasteiger partial charge in [-0.25, -0.2) is 0 Å². The Labute approximate surface area is 179 Å². The number of carbonyl (C=O) groups is 1. The van der Waals surface area contributed by atoms with Crippen molar-refractivity contribution < 1.29 is 9.53 Å². The Balaban J connectivity index is 1.70. The summed E-state index contributed by atoms with van der Waals surface area (Å²) in [7, 11) is 1.64. The maximum Gasteiger partial charge on any atom is 0.256 e. The van der Waals surface area contributed by atoms with Crippen molar-refractivity contribution in [1.82, 2.24) is 10.2 Å². The Kier molecular flexibility index (Phi) is 5.26. The Morgan fingerprint density at radius 3 is 2.78 bits per heavy atom. The summed E-state index contributed by atoms with van der Waals surface area (Å²) < 4.78 is 7.33. The predicted molar refractivity (Wildman–Crippen MR) is 116 cm³/mol. The van der Waals surface area contributed by atoms with Crippen molar-refractivity contribution in [2.24, 2.45) is 0 Å². The molecule has 0 saturated carbocycles. The molecule has 0 fully saturated rings. The third kappa shape index (κ3) is 3.41. The summed E-state index contributed by atoms with van der Waals surface area (Å²) >= 11 is 8.77. The van der Waals surface area contributed by atoms with E-state index < -0.39 is 0 Å². The van der Waals surface area contributed by atoms with Crippen LogP contribution in [0.2, 0.25) is 0 Å². The second-order valence-electron chi connectivity index (χ2n) is 7.08. The molecule has 5 nitrogen and oxygen atoms in total. The molecule has 0 spiro atoms. The molecule has 2 aromatic rings. The number of nitrogens with one attached hydrogen (secondary N) is 2. The second-order valence-corrected chi connectivity index (χ2v) is 9.96. The molecule has 2 N–H and O–H groups in total. The molecular weight excluding hydrogens is 494 g/mol. The standard InChI is InChI=1S/C19H21Br2N3O2S/c1-9(2)24-5-4-11-14(8-24)27-19-15(11)18(25)22-17(23-19)12-6-10(20)7-13(21)16(12)26-3/h6-7,9,17,23H,4-5,8H2,1-3H3,(H,22,25). The van der Waals surface area contributed by atoms with Gasteiger partial charge in [-0.15, -0.1) is 11.3 Å². The highest BCUT2D eigenvalue weighted by molar-refractivity contribution is 9.11. The molecule has 2 aliphatic rings. The first-order valence-corrected chi connectivity index (χ1v) is 11.3. The Morgan fingerprint density at radius 2 is 2.07 bits per heavy atom. The lowest BCUT2D eigenvalue weighted by Gasteiger charge is -2.31. The van der Waals surface area contributed by atoms with Gasteiger partial charge >= 0.3 is 0 Å². The van der Waals surface area contributed by atoms with E-state index in [1.54, 1.807) is 18.4 Å². The van der Waals surface area contributed by atoms with Gasteiger partial charge in [0.1, 0.15) is 16.9 Å². The van der Waals surface area contributed by atoms with Crippen LogP contribution in [0.15, 0.2) is 21.1 Å². The number of anilines is 1. The number of methoxy groups -OCH3 is 1. The Bertz CT molecular complexity index is 913. The van der Waals surface area contributed by atoms with E-state index in [1.807, 2.05) is 12.1 Å². The van der Waals surface area contributed by atoms with E-state index in [1.165, 1.54) is 10.4 Å². The van der Waals surface area contributed by atoms with E-state index in [-0.39, 0.29) is 12.1 Å². The molecule has 3 heterocycles. The summed E-state index contributed by atoms with van der Waals surface area (Å²) in [4.78, 5) is 16.7. The molecule has 0 saturated heterocycles. The van der Waals surface area contributed by atoms with Crippen LogP contribution in [0.5, 0.6) is 5.75 Å². The normalized spacial score (nSPS) is 19.3. The third-order valence-electron chi connectivity index (χ3n) is 5.15. The van der Waals surface area contributed by atoms with E-state index >= 15 is 0 Å². The van der Waals surface area contributed by atoms with Gasteiger partial charge in [-0.05, 0) is 53.9 Å². The monoisotopic (exact) mass is 513 g/mol. The highest BCUT2D eigenvalue weighted by atomic mass is 79.9. The van der Waals surface area contributed by atoms with Crippen LogP contribution in [0.4, 0.5) is 5.00 Å². The molecule has 1 aromatic carbocycles. The van der Waals surface area contributed by atoms with Crippen molar-refractivity contribution in [3.8, 4) is 5.75 Å². The van der Waals surface area contributed by atoms with Crippen LogP contribution in [-0.4, -0.2) is 30.5 Å². The van der Waals surface area contributed by atoms with Crippen LogP contribution in [0.1, 0.15) is 46.4 Å². The number of rotatable bonds is 3. The van der Waals surface area contributed by atoms with Crippen molar-refractivity contribution >= 4 is 54.1 Å². The van der Waals surface area contributed by atoms with E-state index in [0.29, 0.717) is 11.8 Å². The van der Waals surface area contributed by atoms with Crippen molar-refractivity contribution in [1.29, 1.82) is 0 Å². The number of ether oxygens (including phenoxy) is 1. The van der Waals surface area contributed by atoms with Crippen LogP contribution >= 0.6 is 43.2 Å². The number of halogens is 2. The minimum Gasteiger partial charge on any atom is -0.495 e. The zero-order valence-electron chi connectivity index (χ0n) is 15.4. The van der Waals surface area contributed by atoms with E-state index in [0.717, 1.165) is 44.6 Å². The number of hydrogen-bond donors (Lipinski definition) is 2. The van der Waals surface area contributed by atoms with Gasteiger partial charge in [0.05, 0.1) is 17.1 Å². The van der Waals surface area contributed by atoms with E-state index in [2.05, 4.69) is 61.2 Å². The molecule has 27 heavy (non-hydrogen) atoms. The highest BCUT2D eigenvalue weighted by Crippen LogP contribution is 2.43. The van der Waals surface area contributed by atoms with Gasteiger partial charge in [-0.2, -0.15) is 0 Å². The summed E-state index contributed by atoms with van der Waals surface area (Å²) in [6, 6.07) is 4.42. The number of fused-ring (bicyclic) bond motifs is 3. The number of hydrogen-bond acceptors (Lipinski definition) is 5. The smallest absolute Gasteiger partial charge is 0.256 e. The van der Waals surface area contributed by atoms with Crippen LogP contribution in [0, 0.1) is 0 Å². The fourth-order valence-corrected chi connectivity index (χ4v) is 6.46. The van der Waals surface area contributed by atoms with Gasteiger partial charge in [0, 0.05) is 34.0 Å². The molecule has 0 bridgehead atoms. The number of amides is 1. The fraction of sp³-hybridized carbons (Fsp3) is 0.421. The third-order valence-corrected chi connectivity index (χ3v) is 7.34. The van der Waals surface area contributed by atoms with Crippen molar-refractivity contribution in [2.45, 2.75) is 39.0 Å². The minimum absolute atomic E-state index is 0.0117. The summed E-state index contributed by atoms with van der Waals surface area (Å²) in [5.74, 6) is 0.703. The lowest BCUT2D eigenvalue weighted by atomic mass is 9.99. The number of benzene rings is 1. The Morgan fingerprint density at radius 1 is 1.30 bits per heavy atom. The summed E-state index contributed by atoms with van der Waals surface area (Å²) in [6.45, 7) is 6.35. The summed E-state index contributed by atoms with van der Waals surface area (Å²) in [5, 5.41) is 7.59. The highest BCUT2D eigenvalue weighted by Gasteiger charge is 2.34. The molecule has 1 unspecified atom stereocenters. The molecule has 0 radical (unpaired) electrons. The molecule has 4 rings (SSSR count). The number of thiophene rings is 1. The zero-order chi connectivity index (χ0) is 19.3. The maximum atomic E-state index is 13.0. The average Bonchev–Trinajstić information content (AvgIpc) is 2.98. The molecule has 1 atom stereocenters. The van der Waals surface area contributed by atoms with Crippen LogP contribution in [0.25, 0.3) is 0 Å². The molecule has 1 amide bonds. The molecule has 144 valence electrons. The largest absolute Gasteiger partial charge is 0.495 e. The number of nitrogens with zero attached hydrogens (tertiary/aromatic N) is 1.